The topological polar surface area (TPSA) is 104 Å². The first-order valence-corrected chi connectivity index (χ1v) is 6.62. The molecule has 0 bridgehead atoms. The van der Waals surface area contributed by atoms with Gasteiger partial charge in [0.2, 0.25) is 5.96 Å². The van der Waals surface area contributed by atoms with Crippen LogP contribution in [0.5, 0.6) is 0 Å². The van der Waals surface area contributed by atoms with Crippen LogP contribution in [0.3, 0.4) is 0 Å². The van der Waals surface area contributed by atoms with Gasteiger partial charge < -0.3 is 10.6 Å². The van der Waals surface area contributed by atoms with Crippen molar-refractivity contribution >= 4 is 11.8 Å². The van der Waals surface area contributed by atoms with Crippen molar-refractivity contribution in [3.8, 4) is 0 Å². The molecule has 7 heteroatoms. The van der Waals surface area contributed by atoms with Crippen molar-refractivity contribution in [2.45, 2.75) is 32.5 Å². The Kier molecular flexibility index (Phi) is 4.51. The summed E-state index contributed by atoms with van der Waals surface area (Å²) in [4.78, 5) is 8.89. The number of amidine groups is 1. The summed E-state index contributed by atoms with van der Waals surface area (Å²) in [5.74, 6) is 7.82. The maximum Gasteiger partial charge on any atom is 0.222 e. The first-order chi connectivity index (χ1) is 8.72. The fraction of sp³-hybridized carbons (Fsp3) is 0.818. The molecule has 0 aromatic heterocycles. The number of nitrogens with zero attached hydrogens (tertiary/aromatic N) is 3. The molecule has 2 rings (SSSR count). The third kappa shape index (κ3) is 2.98. The molecule has 102 valence electrons. The number of hydrogen-bond donors (Lipinski definition) is 4. The summed E-state index contributed by atoms with van der Waals surface area (Å²) in [6.07, 6.45) is 2.63. The van der Waals surface area contributed by atoms with Gasteiger partial charge in [-0.1, -0.05) is 6.92 Å². The molecule has 7 nitrogen and oxygen atoms in total. The molecule has 0 radical (unpaired) electrons. The predicted octanol–water partition coefficient (Wildman–Crippen LogP) is -0.828. The minimum Gasteiger partial charge on any atom is -0.321 e. The zero-order chi connectivity index (χ0) is 13.0. The van der Waals surface area contributed by atoms with Crippen molar-refractivity contribution in [2.24, 2.45) is 27.5 Å². The highest BCUT2D eigenvalue weighted by Gasteiger charge is 2.29. The van der Waals surface area contributed by atoms with E-state index < -0.39 is 6.29 Å². The van der Waals surface area contributed by atoms with Crippen molar-refractivity contribution in [3.05, 3.63) is 0 Å². The SMILES string of the molecule is CCCN=C1N=C(C2CCNCC2)N(N)C(N)N1. The van der Waals surface area contributed by atoms with Gasteiger partial charge >= 0.3 is 0 Å². The average molecular weight is 253 g/mol. The van der Waals surface area contributed by atoms with Crippen molar-refractivity contribution in [3.63, 3.8) is 0 Å². The predicted molar refractivity (Wildman–Crippen MR) is 72.8 cm³/mol. The summed E-state index contributed by atoms with van der Waals surface area (Å²) in [5, 5.41) is 7.86. The molecule has 0 amide bonds. The van der Waals surface area contributed by atoms with E-state index >= 15 is 0 Å². The lowest BCUT2D eigenvalue weighted by Crippen LogP contribution is -2.64. The monoisotopic (exact) mass is 253 g/mol. The fourth-order valence-corrected chi connectivity index (χ4v) is 2.22. The first-order valence-electron chi connectivity index (χ1n) is 6.62. The number of guanidine groups is 1. The van der Waals surface area contributed by atoms with Crippen LogP contribution in [0.4, 0.5) is 0 Å². The number of nitrogens with one attached hydrogen (secondary N) is 2. The van der Waals surface area contributed by atoms with Gasteiger partial charge in [0, 0.05) is 12.5 Å². The van der Waals surface area contributed by atoms with E-state index in [9.17, 15) is 0 Å². The molecule has 0 spiro atoms. The van der Waals surface area contributed by atoms with Gasteiger partial charge in [0.15, 0.2) is 6.29 Å². The van der Waals surface area contributed by atoms with E-state index in [1.54, 1.807) is 0 Å². The zero-order valence-electron chi connectivity index (χ0n) is 10.9. The first kappa shape index (κ1) is 13.3. The normalized spacial score (nSPS) is 28.2. The van der Waals surface area contributed by atoms with Crippen LogP contribution in [0.15, 0.2) is 9.98 Å². The Balaban J connectivity index is 2.15. The van der Waals surface area contributed by atoms with Gasteiger partial charge in [0.1, 0.15) is 5.84 Å². The highest BCUT2D eigenvalue weighted by atomic mass is 15.6. The van der Waals surface area contributed by atoms with E-state index in [-0.39, 0.29) is 0 Å². The van der Waals surface area contributed by atoms with Crippen LogP contribution >= 0.6 is 0 Å². The van der Waals surface area contributed by atoms with Gasteiger partial charge in [-0.15, -0.1) is 0 Å². The van der Waals surface area contributed by atoms with Crippen molar-refractivity contribution in [2.75, 3.05) is 19.6 Å². The van der Waals surface area contributed by atoms with E-state index in [1.807, 2.05) is 0 Å². The second-order valence-corrected chi connectivity index (χ2v) is 4.70. The molecule has 1 atom stereocenters. The summed E-state index contributed by atoms with van der Waals surface area (Å²) in [7, 11) is 0. The number of aliphatic imine (C=N–C) groups is 2. The zero-order valence-corrected chi connectivity index (χ0v) is 10.9. The van der Waals surface area contributed by atoms with E-state index in [4.69, 9.17) is 11.6 Å². The summed E-state index contributed by atoms with van der Waals surface area (Å²) in [6.45, 7) is 4.84. The molecule has 18 heavy (non-hydrogen) atoms. The molecule has 6 N–H and O–H groups in total. The number of hydrazine groups is 1. The van der Waals surface area contributed by atoms with E-state index in [1.165, 1.54) is 5.01 Å². The van der Waals surface area contributed by atoms with Gasteiger partial charge in [0.05, 0.1) is 0 Å². The van der Waals surface area contributed by atoms with Crippen molar-refractivity contribution in [1.29, 1.82) is 0 Å². The average Bonchev–Trinajstić information content (AvgIpc) is 2.41. The smallest absolute Gasteiger partial charge is 0.222 e. The van der Waals surface area contributed by atoms with Gasteiger partial charge in [0.25, 0.3) is 0 Å². The van der Waals surface area contributed by atoms with Gasteiger partial charge in [-0.3, -0.25) is 15.7 Å². The molecular weight excluding hydrogens is 230 g/mol. The molecule has 2 aliphatic heterocycles. The molecule has 1 unspecified atom stereocenters. The third-order valence-corrected chi connectivity index (χ3v) is 3.25. The van der Waals surface area contributed by atoms with E-state index in [0.717, 1.165) is 44.7 Å². The Hall–Kier alpha value is -1.18. The molecule has 1 fully saturated rings. The summed E-state index contributed by atoms with van der Waals surface area (Å²) >= 11 is 0. The van der Waals surface area contributed by atoms with Gasteiger partial charge in [-0.2, -0.15) is 4.99 Å². The van der Waals surface area contributed by atoms with Crippen LogP contribution in [-0.4, -0.2) is 42.7 Å². The van der Waals surface area contributed by atoms with Crippen molar-refractivity contribution < 1.29 is 0 Å². The van der Waals surface area contributed by atoms with Crippen LogP contribution < -0.4 is 22.2 Å². The largest absolute Gasteiger partial charge is 0.321 e. The summed E-state index contributed by atoms with van der Waals surface area (Å²) in [6, 6.07) is 0. The van der Waals surface area contributed by atoms with Crippen LogP contribution in [-0.2, 0) is 0 Å². The molecule has 2 heterocycles. The Labute approximate surface area is 108 Å². The van der Waals surface area contributed by atoms with E-state index in [0.29, 0.717) is 11.9 Å². The molecule has 0 aromatic carbocycles. The Morgan fingerprint density at radius 3 is 2.83 bits per heavy atom. The molecule has 0 aromatic rings. The van der Waals surface area contributed by atoms with Gasteiger partial charge in [-0.05, 0) is 32.4 Å². The minimum atomic E-state index is -0.442. The quantitative estimate of drug-likeness (QED) is 0.492. The van der Waals surface area contributed by atoms with Crippen LogP contribution in [0.25, 0.3) is 0 Å². The lowest BCUT2D eigenvalue weighted by molar-refractivity contribution is 0.272. The third-order valence-electron chi connectivity index (χ3n) is 3.25. The maximum atomic E-state index is 5.98. The molecule has 1 saturated heterocycles. The fourth-order valence-electron chi connectivity index (χ4n) is 2.22. The Morgan fingerprint density at radius 2 is 2.17 bits per heavy atom. The van der Waals surface area contributed by atoms with Crippen LogP contribution in [0.2, 0.25) is 0 Å². The standard InChI is InChI=1S/C11H23N7/c1-2-5-15-11-16-9(18(13)10(12)17-11)8-3-6-14-7-4-8/h8,10,14H,2-7,12-13H2,1H3,(H,15,17). The summed E-state index contributed by atoms with van der Waals surface area (Å²) in [5.41, 5.74) is 5.95. The number of piperidine rings is 1. The Bertz CT molecular complexity index is 332. The summed E-state index contributed by atoms with van der Waals surface area (Å²) < 4.78 is 0. The lowest BCUT2D eigenvalue weighted by atomic mass is 9.96. The number of hydrogen-bond acceptors (Lipinski definition) is 5. The second kappa shape index (κ2) is 6.12. The van der Waals surface area contributed by atoms with E-state index in [2.05, 4.69) is 27.5 Å². The van der Waals surface area contributed by atoms with Gasteiger partial charge in [-0.25, -0.2) is 5.84 Å². The molecular formula is C11H23N7. The molecule has 0 saturated carbocycles. The number of nitrogens with two attached hydrogens (primary N) is 2. The molecule has 0 aliphatic carbocycles. The number of rotatable bonds is 3. The van der Waals surface area contributed by atoms with Crippen molar-refractivity contribution in [1.82, 2.24) is 15.6 Å². The van der Waals surface area contributed by atoms with Crippen LogP contribution in [0, 0.1) is 5.92 Å². The minimum absolute atomic E-state index is 0.372. The molecule has 2 aliphatic rings. The Morgan fingerprint density at radius 1 is 1.44 bits per heavy atom. The van der Waals surface area contributed by atoms with Crippen LogP contribution in [0.1, 0.15) is 26.2 Å². The lowest BCUT2D eigenvalue weighted by Gasteiger charge is -2.36. The second-order valence-electron chi connectivity index (χ2n) is 4.70. The maximum absolute atomic E-state index is 5.98. The highest BCUT2D eigenvalue weighted by Crippen LogP contribution is 2.17. The highest BCUT2D eigenvalue weighted by molar-refractivity contribution is 5.99.